The molecule has 0 radical (unpaired) electrons. The fourth-order valence-corrected chi connectivity index (χ4v) is 1.64. The fourth-order valence-electron chi connectivity index (χ4n) is 1.64. The van der Waals surface area contributed by atoms with E-state index in [1.54, 1.807) is 13.0 Å². The Hall–Kier alpha value is -1.98. The first kappa shape index (κ1) is 14.1. The van der Waals surface area contributed by atoms with Gasteiger partial charge in [-0.15, -0.1) is 0 Å². The van der Waals surface area contributed by atoms with Crippen molar-refractivity contribution in [1.29, 1.82) is 0 Å². The number of hydrogen-bond donors (Lipinski definition) is 1. The molecule has 98 valence electrons. The summed E-state index contributed by atoms with van der Waals surface area (Å²) in [6, 6.07) is 2.83. The molecule has 0 aliphatic heterocycles. The SMILES string of the molecule is CCC(CC)NC(=O)c1cc(C)nc([N+](=O)[O-])c1. The van der Waals surface area contributed by atoms with E-state index in [2.05, 4.69) is 10.3 Å². The lowest BCUT2D eigenvalue weighted by Gasteiger charge is -2.14. The van der Waals surface area contributed by atoms with Crippen LogP contribution < -0.4 is 5.32 Å². The average molecular weight is 251 g/mol. The number of nitrogens with zero attached hydrogens (tertiary/aromatic N) is 2. The molecule has 1 heterocycles. The van der Waals surface area contributed by atoms with Gasteiger partial charge in [-0.1, -0.05) is 13.8 Å². The molecule has 0 aliphatic carbocycles. The average Bonchev–Trinajstić information content (AvgIpc) is 2.34. The number of aryl methyl sites for hydroxylation is 1. The minimum atomic E-state index is -0.596. The van der Waals surface area contributed by atoms with E-state index in [1.807, 2.05) is 13.8 Å². The second-order valence-corrected chi connectivity index (χ2v) is 4.10. The van der Waals surface area contributed by atoms with E-state index >= 15 is 0 Å². The molecule has 6 nitrogen and oxygen atoms in total. The molecule has 0 saturated heterocycles. The molecule has 0 atom stereocenters. The van der Waals surface area contributed by atoms with Crippen LogP contribution in [-0.2, 0) is 0 Å². The molecule has 0 saturated carbocycles. The highest BCUT2D eigenvalue weighted by Crippen LogP contribution is 2.12. The van der Waals surface area contributed by atoms with Gasteiger partial charge >= 0.3 is 5.82 Å². The summed E-state index contributed by atoms with van der Waals surface area (Å²) in [7, 11) is 0. The zero-order chi connectivity index (χ0) is 13.7. The Morgan fingerprint density at radius 2 is 2.06 bits per heavy atom. The standard InChI is InChI=1S/C12H17N3O3/c1-4-10(5-2)14-12(16)9-6-8(3)13-11(7-9)15(17)18/h6-7,10H,4-5H2,1-3H3,(H,14,16). The Bertz CT molecular complexity index is 456. The molecule has 1 aromatic heterocycles. The number of nitro groups is 1. The van der Waals surface area contributed by atoms with E-state index < -0.39 is 4.92 Å². The van der Waals surface area contributed by atoms with Crippen molar-refractivity contribution in [3.63, 3.8) is 0 Å². The second kappa shape index (κ2) is 6.09. The molecule has 1 amide bonds. The first-order valence-electron chi connectivity index (χ1n) is 5.91. The van der Waals surface area contributed by atoms with Gasteiger partial charge in [-0.2, -0.15) is 0 Å². The first-order chi connectivity index (χ1) is 8.47. The van der Waals surface area contributed by atoms with Crippen LogP contribution in [0.1, 0.15) is 42.7 Å². The minimum Gasteiger partial charge on any atom is -0.358 e. The van der Waals surface area contributed by atoms with Crippen LogP contribution >= 0.6 is 0 Å². The van der Waals surface area contributed by atoms with Crippen molar-refractivity contribution in [2.24, 2.45) is 0 Å². The lowest BCUT2D eigenvalue weighted by Crippen LogP contribution is -2.33. The number of carbonyl (C=O) groups is 1. The number of aromatic nitrogens is 1. The highest BCUT2D eigenvalue weighted by Gasteiger charge is 2.17. The van der Waals surface area contributed by atoms with Crippen molar-refractivity contribution in [1.82, 2.24) is 10.3 Å². The van der Waals surface area contributed by atoms with E-state index in [-0.39, 0.29) is 23.3 Å². The molecule has 0 unspecified atom stereocenters. The zero-order valence-electron chi connectivity index (χ0n) is 10.8. The normalized spacial score (nSPS) is 10.4. The third kappa shape index (κ3) is 3.51. The Labute approximate surface area is 106 Å². The highest BCUT2D eigenvalue weighted by atomic mass is 16.6. The van der Waals surface area contributed by atoms with E-state index in [0.29, 0.717) is 5.69 Å². The molecule has 1 N–H and O–H groups in total. The maximum Gasteiger partial charge on any atom is 0.364 e. The molecule has 0 aliphatic rings. The number of amides is 1. The van der Waals surface area contributed by atoms with Crippen LogP contribution in [0.4, 0.5) is 5.82 Å². The third-order valence-electron chi connectivity index (χ3n) is 2.71. The van der Waals surface area contributed by atoms with Crippen molar-refractivity contribution in [2.45, 2.75) is 39.7 Å². The number of rotatable bonds is 5. The van der Waals surface area contributed by atoms with Crippen LogP contribution in [0.3, 0.4) is 0 Å². The Morgan fingerprint density at radius 3 is 2.56 bits per heavy atom. The van der Waals surface area contributed by atoms with Crippen LogP contribution in [0.2, 0.25) is 0 Å². The molecule has 1 aromatic rings. The molecule has 1 rings (SSSR count). The molecule has 0 spiro atoms. The lowest BCUT2D eigenvalue weighted by molar-refractivity contribution is -0.389. The van der Waals surface area contributed by atoms with Gasteiger partial charge in [-0.05, 0) is 28.8 Å². The predicted octanol–water partition coefficient (Wildman–Crippen LogP) is 2.22. The minimum absolute atomic E-state index is 0.0880. The van der Waals surface area contributed by atoms with Gasteiger partial charge in [-0.3, -0.25) is 4.79 Å². The van der Waals surface area contributed by atoms with E-state index in [0.717, 1.165) is 12.8 Å². The van der Waals surface area contributed by atoms with Gasteiger partial charge < -0.3 is 15.4 Å². The molecule has 0 aromatic carbocycles. The predicted molar refractivity (Wildman–Crippen MR) is 67.5 cm³/mol. The van der Waals surface area contributed by atoms with Crippen molar-refractivity contribution in [2.75, 3.05) is 0 Å². The van der Waals surface area contributed by atoms with Crippen LogP contribution in [-0.4, -0.2) is 21.9 Å². The van der Waals surface area contributed by atoms with Gasteiger partial charge in [0.1, 0.15) is 0 Å². The molecular weight excluding hydrogens is 234 g/mol. The summed E-state index contributed by atoms with van der Waals surface area (Å²) in [6.45, 7) is 5.59. The van der Waals surface area contributed by atoms with Gasteiger partial charge in [0.15, 0.2) is 5.69 Å². The summed E-state index contributed by atoms with van der Waals surface area (Å²) in [5.74, 6) is -0.595. The Kier molecular flexibility index (Phi) is 4.76. The summed E-state index contributed by atoms with van der Waals surface area (Å²) in [6.07, 6.45) is 1.66. The number of nitrogens with one attached hydrogen (secondary N) is 1. The van der Waals surface area contributed by atoms with Crippen molar-refractivity contribution in [3.8, 4) is 0 Å². The largest absolute Gasteiger partial charge is 0.364 e. The van der Waals surface area contributed by atoms with Crippen LogP contribution in [0.15, 0.2) is 12.1 Å². The maximum atomic E-state index is 11.9. The van der Waals surface area contributed by atoms with Crippen molar-refractivity contribution < 1.29 is 9.72 Å². The molecule has 18 heavy (non-hydrogen) atoms. The monoisotopic (exact) mass is 251 g/mol. The van der Waals surface area contributed by atoms with Crippen LogP contribution in [0.5, 0.6) is 0 Å². The fraction of sp³-hybridized carbons (Fsp3) is 0.500. The van der Waals surface area contributed by atoms with E-state index in [9.17, 15) is 14.9 Å². The smallest absolute Gasteiger partial charge is 0.358 e. The Morgan fingerprint density at radius 1 is 1.44 bits per heavy atom. The van der Waals surface area contributed by atoms with Gasteiger partial charge in [-0.25, -0.2) is 0 Å². The summed E-state index contributed by atoms with van der Waals surface area (Å²) >= 11 is 0. The summed E-state index contributed by atoms with van der Waals surface area (Å²) in [5.41, 5.74) is 0.736. The van der Waals surface area contributed by atoms with Crippen molar-refractivity contribution in [3.05, 3.63) is 33.5 Å². The third-order valence-corrected chi connectivity index (χ3v) is 2.71. The number of hydrogen-bond acceptors (Lipinski definition) is 4. The highest BCUT2D eigenvalue weighted by molar-refractivity contribution is 5.94. The van der Waals surface area contributed by atoms with Crippen LogP contribution in [0, 0.1) is 17.0 Å². The molecule has 0 bridgehead atoms. The first-order valence-corrected chi connectivity index (χ1v) is 5.91. The number of carbonyl (C=O) groups excluding carboxylic acids is 1. The van der Waals surface area contributed by atoms with Gasteiger partial charge in [0.2, 0.25) is 0 Å². The van der Waals surface area contributed by atoms with E-state index in [1.165, 1.54) is 6.07 Å². The molecule has 6 heteroatoms. The zero-order valence-corrected chi connectivity index (χ0v) is 10.8. The van der Waals surface area contributed by atoms with Crippen molar-refractivity contribution >= 4 is 11.7 Å². The van der Waals surface area contributed by atoms with E-state index in [4.69, 9.17) is 0 Å². The number of pyridine rings is 1. The molecular formula is C12H17N3O3. The lowest BCUT2D eigenvalue weighted by atomic mass is 10.1. The summed E-state index contributed by atoms with van der Waals surface area (Å²) in [4.78, 5) is 25.8. The quantitative estimate of drug-likeness (QED) is 0.642. The van der Waals surface area contributed by atoms with Crippen LogP contribution in [0.25, 0.3) is 0 Å². The van der Waals surface area contributed by atoms with Gasteiger partial charge in [0.25, 0.3) is 5.91 Å². The molecule has 0 fully saturated rings. The Balaban J connectivity index is 2.95. The van der Waals surface area contributed by atoms with Gasteiger partial charge in [0.05, 0.1) is 5.56 Å². The summed E-state index contributed by atoms with van der Waals surface area (Å²) in [5, 5.41) is 13.5. The second-order valence-electron chi connectivity index (χ2n) is 4.10. The topological polar surface area (TPSA) is 85.1 Å². The summed E-state index contributed by atoms with van der Waals surface area (Å²) < 4.78 is 0. The van der Waals surface area contributed by atoms with Gasteiger partial charge in [0, 0.05) is 19.0 Å². The maximum absolute atomic E-state index is 11.9.